The van der Waals surface area contributed by atoms with Gasteiger partial charge in [0.25, 0.3) is 5.91 Å². The molecule has 0 aliphatic heterocycles. The summed E-state index contributed by atoms with van der Waals surface area (Å²) in [6.07, 6.45) is 4.04. The monoisotopic (exact) mass is 298 g/mol. The van der Waals surface area contributed by atoms with Gasteiger partial charge in [-0.2, -0.15) is 0 Å². The Labute approximate surface area is 125 Å². The third-order valence-corrected chi connectivity index (χ3v) is 3.34. The van der Waals surface area contributed by atoms with Crippen molar-refractivity contribution in [2.45, 2.75) is 45.6 Å². The first kappa shape index (κ1) is 16.8. The summed E-state index contributed by atoms with van der Waals surface area (Å²) in [5.74, 6) is -0.179. The van der Waals surface area contributed by atoms with Gasteiger partial charge in [-0.3, -0.25) is 4.79 Å². The summed E-state index contributed by atoms with van der Waals surface area (Å²) in [6, 6.07) is 5.00. The topological polar surface area (TPSA) is 64.3 Å². The number of rotatable bonds is 8. The lowest BCUT2D eigenvalue weighted by molar-refractivity contribution is -0.126. The zero-order chi connectivity index (χ0) is 15.0. The number of nitrogens with one attached hydrogen (secondary N) is 1. The Kier molecular flexibility index (Phi) is 7.41. The Bertz CT molecular complexity index is 438. The summed E-state index contributed by atoms with van der Waals surface area (Å²) in [5, 5.41) is 3.23. The first-order chi connectivity index (χ1) is 9.54. The number of ether oxygens (including phenoxy) is 1. The van der Waals surface area contributed by atoms with E-state index in [1.54, 1.807) is 25.1 Å². The van der Waals surface area contributed by atoms with E-state index in [9.17, 15) is 4.79 Å². The summed E-state index contributed by atoms with van der Waals surface area (Å²) in [4.78, 5) is 11.9. The molecule has 4 nitrogen and oxygen atoms in total. The van der Waals surface area contributed by atoms with Crippen LogP contribution in [0.5, 0.6) is 0 Å². The highest BCUT2D eigenvalue weighted by atomic mass is 35.5. The minimum Gasteiger partial charge on any atom is -0.397 e. The molecule has 3 N–H and O–H groups in total. The molecule has 20 heavy (non-hydrogen) atoms. The largest absolute Gasteiger partial charge is 0.397 e. The van der Waals surface area contributed by atoms with Crippen LogP contribution >= 0.6 is 11.6 Å². The zero-order valence-corrected chi connectivity index (χ0v) is 12.9. The second-order valence-corrected chi connectivity index (χ2v) is 5.21. The van der Waals surface area contributed by atoms with E-state index in [1.165, 1.54) is 12.8 Å². The summed E-state index contributed by atoms with van der Waals surface area (Å²) in [5.41, 5.74) is 6.75. The number of amides is 1. The highest BCUT2D eigenvalue weighted by Gasteiger charge is 2.13. The van der Waals surface area contributed by atoms with Crippen LogP contribution in [0.4, 0.5) is 11.4 Å². The first-order valence-electron chi connectivity index (χ1n) is 7.02. The third kappa shape index (κ3) is 5.80. The maximum atomic E-state index is 11.9. The Morgan fingerprint density at radius 3 is 2.80 bits per heavy atom. The number of carbonyl (C=O) groups excluding carboxylic acids is 1. The molecule has 0 bridgehead atoms. The van der Waals surface area contributed by atoms with Crippen LogP contribution in [0.25, 0.3) is 0 Å². The van der Waals surface area contributed by atoms with E-state index in [1.807, 2.05) is 0 Å². The van der Waals surface area contributed by atoms with Gasteiger partial charge < -0.3 is 15.8 Å². The number of unbranched alkanes of at least 4 members (excludes halogenated alkanes) is 3. The molecule has 5 heteroatoms. The zero-order valence-electron chi connectivity index (χ0n) is 12.1. The van der Waals surface area contributed by atoms with Crippen molar-refractivity contribution < 1.29 is 9.53 Å². The molecule has 0 aromatic heterocycles. The van der Waals surface area contributed by atoms with Crippen LogP contribution in [-0.2, 0) is 9.53 Å². The van der Waals surface area contributed by atoms with Gasteiger partial charge in [0, 0.05) is 12.3 Å². The number of hydrogen-bond acceptors (Lipinski definition) is 3. The number of anilines is 2. The molecule has 0 heterocycles. The number of nitrogens with two attached hydrogens (primary N) is 1. The number of halogens is 1. The molecule has 1 aromatic carbocycles. The van der Waals surface area contributed by atoms with Crippen molar-refractivity contribution in [2.75, 3.05) is 17.7 Å². The summed E-state index contributed by atoms with van der Waals surface area (Å²) < 4.78 is 5.51. The van der Waals surface area contributed by atoms with Crippen LogP contribution < -0.4 is 11.1 Å². The van der Waals surface area contributed by atoms with Crippen molar-refractivity contribution >= 4 is 28.9 Å². The standard InChI is InChI=1S/C15H23ClN2O2/c1-3-4-5-6-9-20-11(2)15(19)18-12-7-8-13(16)14(17)10-12/h7-8,10-11H,3-6,9,17H2,1-2H3,(H,18,19). The Balaban J connectivity index is 2.35. The van der Waals surface area contributed by atoms with Crippen molar-refractivity contribution in [3.63, 3.8) is 0 Å². The lowest BCUT2D eigenvalue weighted by Crippen LogP contribution is -2.28. The molecular formula is C15H23ClN2O2. The highest BCUT2D eigenvalue weighted by Crippen LogP contribution is 2.22. The molecule has 0 saturated heterocycles. The maximum Gasteiger partial charge on any atom is 0.253 e. The molecule has 1 unspecified atom stereocenters. The molecule has 0 spiro atoms. The highest BCUT2D eigenvalue weighted by molar-refractivity contribution is 6.33. The van der Waals surface area contributed by atoms with Gasteiger partial charge in [0.1, 0.15) is 6.10 Å². The summed E-state index contributed by atoms with van der Waals surface area (Å²) >= 11 is 5.83. The molecule has 0 aliphatic rings. The average molecular weight is 299 g/mol. The number of benzene rings is 1. The molecule has 0 fully saturated rings. The second-order valence-electron chi connectivity index (χ2n) is 4.80. The minimum atomic E-state index is -0.478. The molecule has 0 radical (unpaired) electrons. The second kappa shape index (κ2) is 8.82. The molecular weight excluding hydrogens is 276 g/mol. The van der Waals surface area contributed by atoms with Gasteiger partial charge in [-0.05, 0) is 31.5 Å². The van der Waals surface area contributed by atoms with Gasteiger partial charge >= 0.3 is 0 Å². The normalized spacial score (nSPS) is 12.2. The SMILES string of the molecule is CCCCCCOC(C)C(=O)Nc1ccc(Cl)c(N)c1. The predicted molar refractivity (Wildman–Crippen MR) is 84.1 cm³/mol. The van der Waals surface area contributed by atoms with Crippen molar-refractivity contribution in [3.05, 3.63) is 23.2 Å². The number of carbonyl (C=O) groups is 1. The molecule has 1 amide bonds. The van der Waals surface area contributed by atoms with E-state index in [0.29, 0.717) is 23.0 Å². The van der Waals surface area contributed by atoms with E-state index in [-0.39, 0.29) is 5.91 Å². The van der Waals surface area contributed by atoms with Crippen molar-refractivity contribution in [2.24, 2.45) is 0 Å². The van der Waals surface area contributed by atoms with Crippen molar-refractivity contribution in [1.29, 1.82) is 0 Å². The van der Waals surface area contributed by atoms with Gasteiger partial charge in [-0.25, -0.2) is 0 Å². The van der Waals surface area contributed by atoms with Crippen LogP contribution in [0.2, 0.25) is 5.02 Å². The summed E-state index contributed by atoms with van der Waals surface area (Å²) in [6.45, 7) is 4.51. The smallest absolute Gasteiger partial charge is 0.253 e. The fourth-order valence-corrected chi connectivity index (χ4v) is 1.85. The first-order valence-corrected chi connectivity index (χ1v) is 7.40. The van der Waals surface area contributed by atoms with E-state index in [0.717, 1.165) is 12.8 Å². The molecule has 1 aromatic rings. The maximum absolute atomic E-state index is 11.9. The Hall–Kier alpha value is -1.26. The van der Waals surface area contributed by atoms with Crippen LogP contribution in [0.3, 0.4) is 0 Å². The van der Waals surface area contributed by atoms with Crippen LogP contribution in [-0.4, -0.2) is 18.6 Å². The van der Waals surface area contributed by atoms with E-state index in [2.05, 4.69) is 12.2 Å². The van der Waals surface area contributed by atoms with Gasteiger partial charge in [0.2, 0.25) is 0 Å². The Morgan fingerprint density at radius 1 is 1.40 bits per heavy atom. The van der Waals surface area contributed by atoms with Crippen molar-refractivity contribution in [1.82, 2.24) is 0 Å². The minimum absolute atomic E-state index is 0.179. The van der Waals surface area contributed by atoms with E-state index < -0.39 is 6.10 Å². The number of nitrogen functional groups attached to an aromatic ring is 1. The molecule has 0 aliphatic carbocycles. The third-order valence-electron chi connectivity index (χ3n) is 3.00. The molecule has 0 saturated carbocycles. The quantitative estimate of drug-likeness (QED) is 0.566. The van der Waals surface area contributed by atoms with E-state index in [4.69, 9.17) is 22.1 Å². The average Bonchev–Trinajstić information content (AvgIpc) is 2.42. The number of hydrogen-bond donors (Lipinski definition) is 2. The molecule has 1 rings (SSSR count). The van der Waals surface area contributed by atoms with Gasteiger partial charge in [0.15, 0.2) is 0 Å². The molecule has 1 atom stereocenters. The van der Waals surface area contributed by atoms with Crippen LogP contribution in [0, 0.1) is 0 Å². The Morgan fingerprint density at radius 2 is 2.15 bits per heavy atom. The fraction of sp³-hybridized carbons (Fsp3) is 0.533. The van der Waals surface area contributed by atoms with Crippen LogP contribution in [0.15, 0.2) is 18.2 Å². The fourth-order valence-electron chi connectivity index (χ4n) is 1.73. The van der Waals surface area contributed by atoms with Gasteiger partial charge in [0.05, 0.1) is 10.7 Å². The van der Waals surface area contributed by atoms with E-state index >= 15 is 0 Å². The van der Waals surface area contributed by atoms with Crippen molar-refractivity contribution in [3.8, 4) is 0 Å². The van der Waals surface area contributed by atoms with Gasteiger partial charge in [-0.15, -0.1) is 0 Å². The lowest BCUT2D eigenvalue weighted by atomic mass is 10.2. The van der Waals surface area contributed by atoms with Crippen LogP contribution in [0.1, 0.15) is 39.5 Å². The molecule has 112 valence electrons. The van der Waals surface area contributed by atoms with Gasteiger partial charge in [-0.1, -0.05) is 37.8 Å². The summed E-state index contributed by atoms with van der Waals surface area (Å²) in [7, 11) is 0. The lowest BCUT2D eigenvalue weighted by Gasteiger charge is -2.13. The predicted octanol–water partition coefficient (Wildman–Crippen LogP) is 3.85.